The van der Waals surface area contributed by atoms with Crippen molar-refractivity contribution in [1.82, 2.24) is 5.32 Å². The van der Waals surface area contributed by atoms with Crippen LogP contribution in [0.25, 0.3) is 0 Å². The molecule has 0 aliphatic carbocycles. The molecule has 1 rings (SSSR count). The molecule has 0 heterocycles. The Bertz CT molecular complexity index is 372. The third-order valence-corrected chi connectivity index (χ3v) is 4.15. The summed E-state index contributed by atoms with van der Waals surface area (Å²) in [4.78, 5) is 0. The maximum Gasteiger partial charge on any atom is 0.0945 e. The second-order valence-electron chi connectivity index (χ2n) is 6.14. The molecule has 3 unspecified atom stereocenters. The van der Waals surface area contributed by atoms with Crippen molar-refractivity contribution in [2.75, 3.05) is 6.54 Å². The Morgan fingerprint density at radius 3 is 2.00 bits per heavy atom. The second-order valence-corrected chi connectivity index (χ2v) is 6.14. The van der Waals surface area contributed by atoms with Crippen LogP contribution < -0.4 is 5.32 Å². The first kappa shape index (κ1) is 17.2. The predicted molar refractivity (Wildman–Crippen MR) is 87.0 cm³/mol. The molecule has 0 amide bonds. The predicted octanol–water partition coefficient (Wildman–Crippen LogP) is 4.26. The molecule has 2 nitrogen and oxygen atoms in total. The average molecular weight is 277 g/mol. The molecule has 0 aliphatic heterocycles. The van der Waals surface area contributed by atoms with Crippen LogP contribution in [0.4, 0.5) is 0 Å². The van der Waals surface area contributed by atoms with Gasteiger partial charge in [0, 0.05) is 6.04 Å². The Labute approximate surface area is 124 Å². The summed E-state index contributed by atoms with van der Waals surface area (Å²) < 4.78 is 0. The van der Waals surface area contributed by atoms with E-state index < -0.39 is 6.10 Å². The Kier molecular flexibility index (Phi) is 7.25. The van der Waals surface area contributed by atoms with Gasteiger partial charge in [-0.25, -0.2) is 0 Å². The highest BCUT2D eigenvalue weighted by atomic mass is 16.3. The monoisotopic (exact) mass is 277 g/mol. The molecule has 20 heavy (non-hydrogen) atoms. The third-order valence-electron chi connectivity index (χ3n) is 4.15. The van der Waals surface area contributed by atoms with Gasteiger partial charge in [-0.15, -0.1) is 0 Å². The molecule has 0 aliphatic rings. The van der Waals surface area contributed by atoms with Gasteiger partial charge in [0.05, 0.1) is 6.10 Å². The summed E-state index contributed by atoms with van der Waals surface area (Å²) >= 11 is 0. The van der Waals surface area contributed by atoms with Crippen molar-refractivity contribution in [2.24, 2.45) is 5.92 Å². The normalized spacial score (nSPS) is 16.1. The lowest BCUT2D eigenvalue weighted by atomic mass is 9.91. The third kappa shape index (κ3) is 4.60. The second kappa shape index (κ2) is 8.43. The smallest absolute Gasteiger partial charge is 0.0945 e. The molecular weight excluding hydrogens is 246 g/mol. The first-order valence-electron chi connectivity index (χ1n) is 8.02. The number of aliphatic hydroxyl groups excluding tert-OH is 1. The number of hydrogen-bond acceptors (Lipinski definition) is 2. The number of nitrogens with one attached hydrogen (secondary N) is 1. The molecule has 2 heteroatoms. The summed E-state index contributed by atoms with van der Waals surface area (Å²) in [6.45, 7) is 11.9. The summed E-state index contributed by atoms with van der Waals surface area (Å²) in [6.07, 6.45) is 1.80. The van der Waals surface area contributed by atoms with E-state index in [9.17, 15) is 5.11 Å². The zero-order chi connectivity index (χ0) is 15.1. The molecule has 3 atom stereocenters. The van der Waals surface area contributed by atoms with E-state index in [4.69, 9.17) is 0 Å². The minimum atomic E-state index is -0.437. The first-order valence-corrected chi connectivity index (χ1v) is 8.02. The molecule has 0 radical (unpaired) electrons. The lowest BCUT2D eigenvalue weighted by Gasteiger charge is -2.28. The molecule has 0 aromatic heterocycles. The standard InChI is InChI=1S/C18H31NO/c1-6-12-19-17(13(3)4)18(20)16-10-8-15(9-11-16)14(5)7-2/h8-11,13-14,17-20H,6-7,12H2,1-5H3. The fourth-order valence-corrected chi connectivity index (χ4v) is 2.49. The van der Waals surface area contributed by atoms with Crippen LogP contribution in [0.3, 0.4) is 0 Å². The lowest BCUT2D eigenvalue weighted by molar-refractivity contribution is 0.105. The first-order chi connectivity index (χ1) is 9.51. The molecule has 0 saturated heterocycles. The number of benzene rings is 1. The highest BCUT2D eigenvalue weighted by Crippen LogP contribution is 2.25. The fourth-order valence-electron chi connectivity index (χ4n) is 2.49. The van der Waals surface area contributed by atoms with Crippen LogP contribution in [-0.4, -0.2) is 17.7 Å². The van der Waals surface area contributed by atoms with E-state index in [-0.39, 0.29) is 6.04 Å². The minimum Gasteiger partial charge on any atom is -0.387 e. The van der Waals surface area contributed by atoms with Gasteiger partial charge in [-0.1, -0.05) is 58.9 Å². The molecular formula is C18H31NO. The van der Waals surface area contributed by atoms with E-state index in [0.717, 1.165) is 24.9 Å². The minimum absolute atomic E-state index is 0.115. The van der Waals surface area contributed by atoms with Gasteiger partial charge in [0.15, 0.2) is 0 Å². The topological polar surface area (TPSA) is 32.3 Å². The molecule has 2 N–H and O–H groups in total. The maximum absolute atomic E-state index is 10.6. The van der Waals surface area contributed by atoms with E-state index in [0.29, 0.717) is 11.8 Å². The Morgan fingerprint density at radius 2 is 1.55 bits per heavy atom. The van der Waals surface area contributed by atoms with E-state index >= 15 is 0 Å². The molecule has 0 saturated carbocycles. The highest BCUT2D eigenvalue weighted by Gasteiger charge is 2.23. The molecule has 0 spiro atoms. The molecule has 114 valence electrons. The van der Waals surface area contributed by atoms with E-state index in [1.807, 2.05) is 0 Å². The van der Waals surface area contributed by atoms with Gasteiger partial charge in [-0.2, -0.15) is 0 Å². The van der Waals surface area contributed by atoms with E-state index in [1.165, 1.54) is 5.56 Å². The van der Waals surface area contributed by atoms with Gasteiger partial charge in [0.2, 0.25) is 0 Å². The van der Waals surface area contributed by atoms with Gasteiger partial charge in [-0.05, 0) is 42.3 Å². The Balaban J connectivity index is 2.80. The van der Waals surface area contributed by atoms with Crippen LogP contribution in [-0.2, 0) is 0 Å². The maximum atomic E-state index is 10.6. The molecule has 0 bridgehead atoms. The molecule has 1 aromatic carbocycles. The number of aliphatic hydroxyl groups is 1. The Hall–Kier alpha value is -0.860. The number of rotatable bonds is 8. The van der Waals surface area contributed by atoms with Crippen LogP contribution in [0.1, 0.15) is 70.6 Å². The SMILES string of the molecule is CCCNC(C(C)C)C(O)c1ccc(C(C)CC)cc1. The van der Waals surface area contributed by atoms with Crippen LogP contribution >= 0.6 is 0 Å². The lowest BCUT2D eigenvalue weighted by Crippen LogP contribution is -2.39. The van der Waals surface area contributed by atoms with Crippen molar-refractivity contribution >= 4 is 0 Å². The highest BCUT2D eigenvalue weighted by molar-refractivity contribution is 5.27. The van der Waals surface area contributed by atoms with Crippen molar-refractivity contribution in [3.8, 4) is 0 Å². The van der Waals surface area contributed by atoms with Crippen LogP contribution in [0.5, 0.6) is 0 Å². The van der Waals surface area contributed by atoms with Crippen molar-refractivity contribution < 1.29 is 5.11 Å². The van der Waals surface area contributed by atoms with Gasteiger partial charge in [0.1, 0.15) is 0 Å². The largest absolute Gasteiger partial charge is 0.387 e. The van der Waals surface area contributed by atoms with Gasteiger partial charge in [-0.3, -0.25) is 0 Å². The summed E-state index contributed by atoms with van der Waals surface area (Å²) in [5.41, 5.74) is 2.37. The summed E-state index contributed by atoms with van der Waals surface area (Å²) in [7, 11) is 0. The van der Waals surface area contributed by atoms with Crippen LogP contribution in [0.15, 0.2) is 24.3 Å². The summed E-state index contributed by atoms with van der Waals surface area (Å²) in [5.74, 6) is 0.992. The van der Waals surface area contributed by atoms with Crippen molar-refractivity contribution in [3.63, 3.8) is 0 Å². The van der Waals surface area contributed by atoms with Crippen molar-refractivity contribution in [1.29, 1.82) is 0 Å². The van der Waals surface area contributed by atoms with Crippen molar-refractivity contribution in [2.45, 2.75) is 65.5 Å². The van der Waals surface area contributed by atoms with E-state index in [1.54, 1.807) is 0 Å². The van der Waals surface area contributed by atoms with E-state index in [2.05, 4.69) is 64.2 Å². The summed E-state index contributed by atoms with van der Waals surface area (Å²) in [5, 5.41) is 14.1. The zero-order valence-electron chi connectivity index (χ0n) is 13.7. The van der Waals surface area contributed by atoms with Gasteiger partial charge < -0.3 is 10.4 Å². The van der Waals surface area contributed by atoms with Crippen LogP contribution in [0, 0.1) is 5.92 Å². The Morgan fingerprint density at radius 1 is 1.00 bits per heavy atom. The zero-order valence-corrected chi connectivity index (χ0v) is 13.7. The fraction of sp³-hybridized carbons (Fsp3) is 0.667. The van der Waals surface area contributed by atoms with Gasteiger partial charge in [0.25, 0.3) is 0 Å². The molecule has 1 aromatic rings. The number of hydrogen-bond donors (Lipinski definition) is 2. The van der Waals surface area contributed by atoms with Crippen LogP contribution in [0.2, 0.25) is 0 Å². The summed E-state index contributed by atoms with van der Waals surface area (Å²) in [6, 6.07) is 8.59. The quantitative estimate of drug-likeness (QED) is 0.744. The molecule has 0 fully saturated rings. The average Bonchev–Trinajstić information content (AvgIpc) is 2.46. The van der Waals surface area contributed by atoms with Gasteiger partial charge >= 0.3 is 0 Å². The van der Waals surface area contributed by atoms with Crippen molar-refractivity contribution in [3.05, 3.63) is 35.4 Å².